The number of anilines is 1. The molecule has 0 fully saturated rings. The highest BCUT2D eigenvalue weighted by Crippen LogP contribution is 2.25. The summed E-state index contributed by atoms with van der Waals surface area (Å²) in [5.74, 6) is 0.934. The highest BCUT2D eigenvalue weighted by molar-refractivity contribution is 5.45. The van der Waals surface area contributed by atoms with Crippen molar-refractivity contribution < 1.29 is 13.9 Å². The predicted octanol–water partition coefficient (Wildman–Crippen LogP) is 2.92. The zero-order chi connectivity index (χ0) is 15.9. The lowest BCUT2D eigenvalue weighted by Crippen LogP contribution is -2.06. The highest BCUT2D eigenvalue weighted by atomic mass is 19.1. The van der Waals surface area contributed by atoms with Crippen LogP contribution in [0.1, 0.15) is 11.1 Å². The lowest BCUT2D eigenvalue weighted by Gasteiger charge is -2.12. The minimum absolute atomic E-state index is 0.00882. The summed E-state index contributed by atoms with van der Waals surface area (Å²) in [6.45, 7) is 0.340. The van der Waals surface area contributed by atoms with Crippen molar-refractivity contribution in [2.45, 2.75) is 13.0 Å². The average molecular weight is 301 g/mol. The van der Waals surface area contributed by atoms with E-state index in [9.17, 15) is 4.39 Å². The van der Waals surface area contributed by atoms with Crippen molar-refractivity contribution in [2.24, 2.45) is 0 Å². The molecule has 0 bridgehead atoms. The number of nitriles is 1. The van der Waals surface area contributed by atoms with Crippen molar-refractivity contribution in [1.29, 1.82) is 5.26 Å². The number of aromatic nitrogens is 1. The molecule has 0 amide bonds. The van der Waals surface area contributed by atoms with Gasteiger partial charge in [-0.2, -0.15) is 5.26 Å². The van der Waals surface area contributed by atoms with Crippen LogP contribution in [0.2, 0.25) is 0 Å². The van der Waals surface area contributed by atoms with Crippen LogP contribution in [0.3, 0.4) is 0 Å². The number of methoxy groups -OCH3 is 2. The zero-order valence-electron chi connectivity index (χ0n) is 12.4. The first-order valence-electron chi connectivity index (χ1n) is 6.64. The third kappa shape index (κ3) is 3.44. The molecule has 0 aliphatic heterocycles. The number of hydrogen-bond donors (Lipinski definition) is 1. The average Bonchev–Trinajstić information content (AvgIpc) is 2.55. The SMILES string of the molecule is COc1ccc(CNc2nccc(CC#N)c2F)c(OC)c1. The van der Waals surface area contributed by atoms with E-state index >= 15 is 0 Å². The second-order valence-electron chi connectivity index (χ2n) is 4.50. The largest absolute Gasteiger partial charge is 0.497 e. The van der Waals surface area contributed by atoms with Gasteiger partial charge in [0.2, 0.25) is 0 Å². The molecule has 0 saturated heterocycles. The van der Waals surface area contributed by atoms with Crippen molar-refractivity contribution in [3.05, 3.63) is 47.4 Å². The molecule has 0 spiro atoms. The fourth-order valence-corrected chi connectivity index (χ4v) is 2.01. The maximum Gasteiger partial charge on any atom is 0.169 e. The summed E-state index contributed by atoms with van der Waals surface area (Å²) in [7, 11) is 3.14. The van der Waals surface area contributed by atoms with E-state index in [1.54, 1.807) is 26.4 Å². The topological polar surface area (TPSA) is 67.2 Å². The third-order valence-corrected chi connectivity index (χ3v) is 3.18. The van der Waals surface area contributed by atoms with Crippen LogP contribution in [0.25, 0.3) is 0 Å². The molecule has 0 aliphatic carbocycles. The molecule has 1 aromatic heterocycles. The first kappa shape index (κ1) is 15.6. The lowest BCUT2D eigenvalue weighted by atomic mass is 10.1. The Morgan fingerprint density at radius 2 is 2.05 bits per heavy atom. The number of rotatable bonds is 6. The van der Waals surface area contributed by atoms with Gasteiger partial charge in [0.25, 0.3) is 0 Å². The molecule has 2 aromatic rings. The Hall–Kier alpha value is -2.81. The van der Waals surface area contributed by atoms with Crippen LogP contribution < -0.4 is 14.8 Å². The summed E-state index contributed by atoms with van der Waals surface area (Å²) in [6.07, 6.45) is 1.48. The molecule has 1 heterocycles. The smallest absolute Gasteiger partial charge is 0.169 e. The van der Waals surface area contributed by atoms with E-state index in [-0.39, 0.29) is 12.2 Å². The molecule has 0 aliphatic rings. The lowest BCUT2D eigenvalue weighted by molar-refractivity contribution is 0.391. The molecule has 2 rings (SSSR count). The first-order valence-corrected chi connectivity index (χ1v) is 6.64. The quantitative estimate of drug-likeness (QED) is 0.888. The molecule has 5 nitrogen and oxygen atoms in total. The molecule has 0 radical (unpaired) electrons. The van der Waals surface area contributed by atoms with Crippen molar-refractivity contribution >= 4 is 5.82 Å². The highest BCUT2D eigenvalue weighted by Gasteiger charge is 2.10. The second-order valence-corrected chi connectivity index (χ2v) is 4.50. The van der Waals surface area contributed by atoms with Gasteiger partial charge in [0.05, 0.1) is 26.7 Å². The Kier molecular flexibility index (Phi) is 5.15. The summed E-state index contributed by atoms with van der Waals surface area (Å²) in [5, 5.41) is 11.6. The summed E-state index contributed by atoms with van der Waals surface area (Å²) in [5.41, 5.74) is 1.16. The van der Waals surface area contributed by atoms with E-state index < -0.39 is 5.82 Å². The van der Waals surface area contributed by atoms with Gasteiger partial charge in [-0.25, -0.2) is 9.37 Å². The molecule has 114 valence electrons. The number of pyridine rings is 1. The van der Waals surface area contributed by atoms with Crippen molar-refractivity contribution in [2.75, 3.05) is 19.5 Å². The zero-order valence-corrected chi connectivity index (χ0v) is 12.4. The van der Waals surface area contributed by atoms with Crippen molar-refractivity contribution in [1.82, 2.24) is 4.98 Å². The Balaban J connectivity index is 2.17. The van der Waals surface area contributed by atoms with Crippen LogP contribution in [-0.2, 0) is 13.0 Å². The monoisotopic (exact) mass is 301 g/mol. The Morgan fingerprint density at radius 1 is 1.23 bits per heavy atom. The molecule has 22 heavy (non-hydrogen) atoms. The Bertz CT molecular complexity index is 698. The number of benzene rings is 1. The van der Waals surface area contributed by atoms with Gasteiger partial charge in [-0.3, -0.25) is 0 Å². The van der Waals surface area contributed by atoms with Crippen LogP contribution in [-0.4, -0.2) is 19.2 Å². The van der Waals surface area contributed by atoms with Gasteiger partial charge < -0.3 is 14.8 Å². The summed E-state index contributed by atoms with van der Waals surface area (Å²) in [6, 6.07) is 8.82. The van der Waals surface area contributed by atoms with Gasteiger partial charge in [-0.15, -0.1) is 0 Å². The summed E-state index contributed by atoms with van der Waals surface area (Å²) >= 11 is 0. The molecular formula is C16H16FN3O2. The molecular weight excluding hydrogens is 285 g/mol. The van der Waals surface area contributed by atoms with Gasteiger partial charge in [0, 0.05) is 29.9 Å². The fourth-order valence-electron chi connectivity index (χ4n) is 2.01. The Morgan fingerprint density at radius 3 is 2.73 bits per heavy atom. The first-order chi connectivity index (χ1) is 10.7. The van der Waals surface area contributed by atoms with Crippen LogP contribution in [0.4, 0.5) is 10.2 Å². The van der Waals surface area contributed by atoms with E-state index in [0.29, 0.717) is 23.6 Å². The van der Waals surface area contributed by atoms with Crippen LogP contribution in [0.5, 0.6) is 11.5 Å². The standard InChI is InChI=1S/C16H16FN3O2/c1-21-13-4-3-12(14(9-13)22-2)10-20-16-15(17)11(5-7-18)6-8-19-16/h3-4,6,8-9H,5,10H2,1-2H3,(H,19,20). The van der Waals surface area contributed by atoms with Crippen molar-refractivity contribution in [3.8, 4) is 17.6 Å². The van der Waals surface area contributed by atoms with E-state index in [2.05, 4.69) is 10.3 Å². The maximum absolute atomic E-state index is 14.1. The number of ether oxygens (including phenoxy) is 2. The third-order valence-electron chi connectivity index (χ3n) is 3.18. The second kappa shape index (κ2) is 7.27. The van der Waals surface area contributed by atoms with E-state index in [1.165, 1.54) is 12.3 Å². The van der Waals surface area contributed by atoms with Gasteiger partial charge in [-0.1, -0.05) is 0 Å². The van der Waals surface area contributed by atoms with Crippen LogP contribution in [0, 0.1) is 17.1 Å². The molecule has 1 aromatic carbocycles. The number of halogens is 1. The molecule has 0 atom stereocenters. The number of nitrogens with one attached hydrogen (secondary N) is 1. The summed E-state index contributed by atoms with van der Waals surface area (Å²) < 4.78 is 24.6. The predicted molar refractivity (Wildman–Crippen MR) is 80.4 cm³/mol. The van der Waals surface area contributed by atoms with Crippen LogP contribution in [0.15, 0.2) is 30.5 Å². The van der Waals surface area contributed by atoms with Crippen molar-refractivity contribution in [3.63, 3.8) is 0 Å². The normalized spacial score (nSPS) is 9.91. The van der Waals surface area contributed by atoms with Gasteiger partial charge in [0.15, 0.2) is 11.6 Å². The van der Waals surface area contributed by atoms with E-state index in [1.807, 2.05) is 12.1 Å². The number of hydrogen-bond acceptors (Lipinski definition) is 5. The molecule has 0 saturated carbocycles. The fraction of sp³-hybridized carbons (Fsp3) is 0.250. The maximum atomic E-state index is 14.1. The minimum atomic E-state index is -0.503. The van der Waals surface area contributed by atoms with Gasteiger partial charge in [0.1, 0.15) is 11.5 Å². The molecule has 0 unspecified atom stereocenters. The van der Waals surface area contributed by atoms with Gasteiger partial charge in [-0.05, 0) is 18.2 Å². The van der Waals surface area contributed by atoms with Crippen LogP contribution >= 0.6 is 0 Å². The van der Waals surface area contributed by atoms with E-state index in [0.717, 1.165) is 5.56 Å². The minimum Gasteiger partial charge on any atom is -0.497 e. The summed E-state index contributed by atoms with van der Waals surface area (Å²) in [4.78, 5) is 3.96. The van der Waals surface area contributed by atoms with Gasteiger partial charge >= 0.3 is 0 Å². The molecule has 6 heteroatoms. The van der Waals surface area contributed by atoms with E-state index in [4.69, 9.17) is 14.7 Å². The molecule has 1 N–H and O–H groups in total. The number of nitrogens with zero attached hydrogens (tertiary/aromatic N) is 2. The Labute approximate surface area is 128 Å².